The Morgan fingerprint density at radius 2 is 1.96 bits per heavy atom. The number of halogens is 1. The lowest BCUT2D eigenvalue weighted by Crippen LogP contribution is -2.34. The normalized spacial score (nSPS) is 10.4. The molecule has 0 spiro atoms. The van der Waals surface area contributed by atoms with E-state index >= 15 is 0 Å². The van der Waals surface area contributed by atoms with Crippen LogP contribution in [0, 0.1) is 5.82 Å². The van der Waals surface area contributed by atoms with Gasteiger partial charge >= 0.3 is 0 Å². The van der Waals surface area contributed by atoms with Gasteiger partial charge in [-0.15, -0.1) is 0 Å². The summed E-state index contributed by atoms with van der Waals surface area (Å²) in [4.78, 5) is 18.3. The summed E-state index contributed by atoms with van der Waals surface area (Å²) in [5.41, 5.74) is 0.907. The van der Waals surface area contributed by atoms with E-state index in [0.29, 0.717) is 24.6 Å². The fraction of sp³-hybridized carbons (Fsp3) is 0.158. The topological polar surface area (TPSA) is 55.6 Å². The molecule has 6 heteroatoms. The number of hydrogen-bond donors (Lipinski definition) is 0. The van der Waals surface area contributed by atoms with Crippen molar-refractivity contribution in [3.63, 3.8) is 0 Å². The number of carbonyl (C=O) groups is 1. The minimum atomic E-state index is -0.352. The highest BCUT2D eigenvalue weighted by molar-refractivity contribution is 5.77. The minimum absolute atomic E-state index is 0.146. The molecule has 0 bridgehead atoms. The Kier molecular flexibility index (Phi) is 5.41. The Hall–Kier alpha value is -3.15. The number of benzene rings is 1. The van der Waals surface area contributed by atoms with Gasteiger partial charge in [-0.25, -0.2) is 4.39 Å². The molecule has 3 aromatic rings. The number of furan rings is 1. The third-order valence-electron chi connectivity index (χ3n) is 3.55. The van der Waals surface area contributed by atoms with E-state index in [1.54, 1.807) is 29.6 Å². The fourth-order valence-electron chi connectivity index (χ4n) is 2.30. The number of hydrogen-bond acceptors (Lipinski definition) is 4. The zero-order chi connectivity index (χ0) is 17.5. The summed E-state index contributed by atoms with van der Waals surface area (Å²) in [6.07, 6.45) is 4.96. The molecule has 1 amide bonds. The van der Waals surface area contributed by atoms with Gasteiger partial charge in [-0.2, -0.15) is 0 Å². The predicted octanol–water partition coefficient (Wildman–Crippen LogP) is 3.42. The number of amides is 1. The van der Waals surface area contributed by atoms with Crippen molar-refractivity contribution in [1.82, 2.24) is 9.88 Å². The molecule has 0 fully saturated rings. The van der Waals surface area contributed by atoms with Gasteiger partial charge in [0.1, 0.15) is 17.3 Å². The van der Waals surface area contributed by atoms with Crippen molar-refractivity contribution in [2.24, 2.45) is 0 Å². The van der Waals surface area contributed by atoms with Gasteiger partial charge in [0.25, 0.3) is 5.91 Å². The van der Waals surface area contributed by atoms with Crippen molar-refractivity contribution in [2.45, 2.75) is 13.1 Å². The summed E-state index contributed by atoms with van der Waals surface area (Å²) in [7, 11) is 0. The van der Waals surface area contributed by atoms with E-state index in [1.807, 2.05) is 18.2 Å². The average molecular weight is 340 g/mol. The SMILES string of the molecule is O=C(COc1ccc(F)cc1)N(Cc1cccnc1)Cc1ccco1. The fourth-order valence-corrected chi connectivity index (χ4v) is 2.30. The molecule has 0 atom stereocenters. The second-order valence-corrected chi connectivity index (χ2v) is 5.43. The number of rotatable bonds is 7. The largest absolute Gasteiger partial charge is 0.484 e. The van der Waals surface area contributed by atoms with Crippen LogP contribution in [-0.2, 0) is 17.9 Å². The van der Waals surface area contributed by atoms with Crippen molar-refractivity contribution in [2.75, 3.05) is 6.61 Å². The van der Waals surface area contributed by atoms with Gasteiger partial charge in [0.15, 0.2) is 6.61 Å². The number of nitrogens with zero attached hydrogens (tertiary/aromatic N) is 2. The first-order chi connectivity index (χ1) is 12.2. The van der Waals surface area contributed by atoms with Crippen molar-refractivity contribution in [1.29, 1.82) is 0 Å². The monoisotopic (exact) mass is 340 g/mol. The molecule has 0 N–H and O–H groups in total. The van der Waals surface area contributed by atoms with Gasteiger partial charge < -0.3 is 14.1 Å². The van der Waals surface area contributed by atoms with E-state index in [2.05, 4.69) is 4.98 Å². The molecule has 5 nitrogen and oxygen atoms in total. The molecule has 0 saturated carbocycles. The van der Waals surface area contributed by atoms with E-state index < -0.39 is 0 Å². The Bertz CT molecular complexity index is 789. The quantitative estimate of drug-likeness (QED) is 0.661. The summed E-state index contributed by atoms with van der Waals surface area (Å²) < 4.78 is 23.7. The van der Waals surface area contributed by atoms with E-state index in [4.69, 9.17) is 9.15 Å². The van der Waals surface area contributed by atoms with Crippen LogP contribution in [-0.4, -0.2) is 22.4 Å². The molecule has 2 heterocycles. The van der Waals surface area contributed by atoms with Gasteiger partial charge in [0.2, 0.25) is 0 Å². The molecule has 0 aliphatic heterocycles. The van der Waals surface area contributed by atoms with Gasteiger partial charge in [-0.3, -0.25) is 9.78 Å². The highest BCUT2D eigenvalue weighted by Crippen LogP contribution is 2.13. The first kappa shape index (κ1) is 16.7. The molecule has 0 saturated heterocycles. The Morgan fingerprint density at radius 3 is 2.64 bits per heavy atom. The smallest absolute Gasteiger partial charge is 0.261 e. The van der Waals surface area contributed by atoms with Crippen molar-refractivity contribution in [3.8, 4) is 5.75 Å². The van der Waals surface area contributed by atoms with E-state index in [1.165, 1.54) is 24.3 Å². The lowest BCUT2D eigenvalue weighted by atomic mass is 10.2. The molecule has 0 radical (unpaired) electrons. The molecule has 0 aliphatic rings. The maximum Gasteiger partial charge on any atom is 0.261 e. The number of carbonyl (C=O) groups excluding carboxylic acids is 1. The van der Waals surface area contributed by atoms with Crippen molar-refractivity contribution in [3.05, 3.63) is 84.3 Å². The summed E-state index contributed by atoms with van der Waals surface area (Å²) >= 11 is 0. The van der Waals surface area contributed by atoms with E-state index in [0.717, 1.165) is 5.56 Å². The summed E-state index contributed by atoms with van der Waals surface area (Å²) in [6, 6.07) is 12.9. The summed E-state index contributed by atoms with van der Waals surface area (Å²) in [5, 5.41) is 0. The minimum Gasteiger partial charge on any atom is -0.484 e. The van der Waals surface area contributed by atoms with Gasteiger partial charge in [0, 0.05) is 18.9 Å². The van der Waals surface area contributed by atoms with Crippen LogP contribution in [0.4, 0.5) is 4.39 Å². The Labute approximate surface area is 144 Å². The van der Waals surface area contributed by atoms with Crippen LogP contribution < -0.4 is 4.74 Å². The van der Waals surface area contributed by atoms with Crippen molar-refractivity contribution >= 4 is 5.91 Å². The van der Waals surface area contributed by atoms with Crippen LogP contribution in [0.1, 0.15) is 11.3 Å². The van der Waals surface area contributed by atoms with E-state index in [9.17, 15) is 9.18 Å². The third-order valence-corrected chi connectivity index (χ3v) is 3.55. The van der Waals surface area contributed by atoms with Crippen LogP contribution in [0.25, 0.3) is 0 Å². The molecule has 2 aromatic heterocycles. The molecule has 3 rings (SSSR count). The predicted molar refractivity (Wildman–Crippen MR) is 89.1 cm³/mol. The van der Waals surface area contributed by atoms with Crippen LogP contribution in [0.2, 0.25) is 0 Å². The highest BCUT2D eigenvalue weighted by atomic mass is 19.1. The zero-order valence-corrected chi connectivity index (χ0v) is 13.5. The van der Waals surface area contributed by atoms with E-state index in [-0.39, 0.29) is 18.3 Å². The van der Waals surface area contributed by atoms with Gasteiger partial charge in [-0.05, 0) is 48.0 Å². The lowest BCUT2D eigenvalue weighted by molar-refractivity contribution is -0.134. The highest BCUT2D eigenvalue weighted by Gasteiger charge is 2.17. The Balaban J connectivity index is 1.66. The average Bonchev–Trinajstić information content (AvgIpc) is 3.14. The Morgan fingerprint density at radius 1 is 1.12 bits per heavy atom. The van der Waals surface area contributed by atoms with Gasteiger partial charge in [0.05, 0.1) is 12.8 Å². The standard InChI is InChI=1S/C19H17FN2O3/c20-16-5-7-17(8-6-16)25-14-19(23)22(13-18-4-2-10-24-18)12-15-3-1-9-21-11-15/h1-11H,12-14H2. The first-order valence-electron chi connectivity index (χ1n) is 7.78. The van der Waals surface area contributed by atoms with Crippen LogP contribution in [0.3, 0.4) is 0 Å². The second kappa shape index (κ2) is 8.10. The first-order valence-corrected chi connectivity index (χ1v) is 7.78. The summed E-state index contributed by atoms with van der Waals surface area (Å²) in [6.45, 7) is 0.570. The van der Waals surface area contributed by atoms with Crippen LogP contribution >= 0.6 is 0 Å². The molecular weight excluding hydrogens is 323 g/mol. The maximum atomic E-state index is 12.9. The summed E-state index contributed by atoms with van der Waals surface area (Å²) in [5.74, 6) is 0.562. The third kappa shape index (κ3) is 4.91. The number of aromatic nitrogens is 1. The molecular formula is C19H17FN2O3. The maximum absolute atomic E-state index is 12.9. The molecule has 0 aliphatic carbocycles. The molecule has 128 valence electrons. The zero-order valence-electron chi connectivity index (χ0n) is 13.5. The van der Waals surface area contributed by atoms with Crippen LogP contribution in [0.15, 0.2) is 71.6 Å². The van der Waals surface area contributed by atoms with Crippen LogP contribution in [0.5, 0.6) is 5.75 Å². The van der Waals surface area contributed by atoms with Gasteiger partial charge in [-0.1, -0.05) is 6.07 Å². The number of ether oxygens (including phenoxy) is 1. The lowest BCUT2D eigenvalue weighted by Gasteiger charge is -2.22. The molecule has 1 aromatic carbocycles. The molecule has 25 heavy (non-hydrogen) atoms. The molecule has 0 unspecified atom stereocenters. The second-order valence-electron chi connectivity index (χ2n) is 5.43. The van der Waals surface area contributed by atoms with Crippen molar-refractivity contribution < 1.29 is 18.3 Å². The number of pyridine rings is 1.